The maximum absolute atomic E-state index is 10.7. The molecule has 1 N–H and O–H groups in total. The minimum Gasteiger partial charge on any atom is -0.481 e. The Balaban J connectivity index is 2.08. The molecule has 0 unspecified atom stereocenters. The predicted octanol–water partition coefficient (Wildman–Crippen LogP) is 2.26. The number of carboxylic acid groups (broad SMARTS) is 1. The van der Waals surface area contributed by atoms with E-state index in [1.807, 2.05) is 29.7 Å². The number of hydrogen-bond acceptors (Lipinski definition) is 4. The molecule has 1 aromatic carbocycles. The molecule has 2 aromatic rings. The number of aromatic nitrogens is 3. The minimum atomic E-state index is -0.842. The molecule has 0 bridgehead atoms. The van der Waals surface area contributed by atoms with Crippen LogP contribution in [-0.4, -0.2) is 31.6 Å². The van der Waals surface area contributed by atoms with Crippen LogP contribution in [0.3, 0.4) is 0 Å². The van der Waals surface area contributed by atoms with Crippen LogP contribution in [0.25, 0.3) is 0 Å². The quantitative estimate of drug-likeness (QED) is 0.793. The summed E-state index contributed by atoms with van der Waals surface area (Å²) in [5, 5.41) is 17.6. The van der Waals surface area contributed by atoms with E-state index < -0.39 is 5.97 Å². The van der Waals surface area contributed by atoms with E-state index in [0.29, 0.717) is 5.16 Å². The summed E-state index contributed by atoms with van der Waals surface area (Å²) in [6, 6.07) is 10.2. The van der Waals surface area contributed by atoms with Crippen molar-refractivity contribution in [1.29, 1.82) is 0 Å². The zero-order valence-electron chi connectivity index (χ0n) is 11.3. The molecular formula is C14H17N3O2S. The molecular weight excluding hydrogens is 274 g/mol. The van der Waals surface area contributed by atoms with Crippen molar-refractivity contribution in [3.63, 3.8) is 0 Å². The summed E-state index contributed by atoms with van der Waals surface area (Å²) in [4.78, 5) is 10.7. The Hall–Kier alpha value is -1.82. The van der Waals surface area contributed by atoms with Gasteiger partial charge in [0.2, 0.25) is 0 Å². The Morgan fingerprint density at radius 3 is 2.70 bits per heavy atom. The Labute approximate surface area is 122 Å². The molecule has 20 heavy (non-hydrogen) atoms. The summed E-state index contributed by atoms with van der Waals surface area (Å²) in [5.74, 6) is 0.0622. The van der Waals surface area contributed by atoms with Crippen LogP contribution >= 0.6 is 11.8 Å². The number of aryl methyl sites for hydroxylation is 2. The number of thioether (sulfide) groups is 1. The van der Waals surface area contributed by atoms with E-state index in [0.717, 1.165) is 25.2 Å². The summed E-state index contributed by atoms with van der Waals surface area (Å²) >= 11 is 1.22. The van der Waals surface area contributed by atoms with E-state index in [1.54, 1.807) is 0 Å². The van der Waals surface area contributed by atoms with Crippen molar-refractivity contribution < 1.29 is 9.90 Å². The Bertz CT molecular complexity index is 569. The molecule has 0 atom stereocenters. The average molecular weight is 291 g/mol. The standard InChI is InChI=1S/C14H17N3O2S/c1-2-12-15-16-14(20-10-13(18)19)17(12)9-8-11-6-4-3-5-7-11/h3-7H,2,8-10H2,1H3,(H,18,19). The van der Waals surface area contributed by atoms with E-state index in [-0.39, 0.29) is 5.75 Å². The van der Waals surface area contributed by atoms with Gasteiger partial charge in [0.05, 0.1) is 5.75 Å². The molecule has 0 saturated heterocycles. The number of nitrogens with zero attached hydrogens (tertiary/aromatic N) is 3. The number of aliphatic carboxylic acids is 1. The second-order valence-electron chi connectivity index (χ2n) is 4.32. The molecule has 0 aliphatic rings. The summed E-state index contributed by atoms with van der Waals surface area (Å²) < 4.78 is 2.01. The van der Waals surface area contributed by atoms with Crippen LogP contribution < -0.4 is 0 Å². The number of hydrogen-bond donors (Lipinski definition) is 1. The van der Waals surface area contributed by atoms with Crippen LogP contribution in [0.5, 0.6) is 0 Å². The molecule has 2 rings (SSSR count). The second-order valence-corrected chi connectivity index (χ2v) is 5.26. The molecule has 1 aromatic heterocycles. The van der Waals surface area contributed by atoms with Gasteiger partial charge in [-0.05, 0) is 12.0 Å². The van der Waals surface area contributed by atoms with Crippen molar-refractivity contribution in [2.75, 3.05) is 5.75 Å². The van der Waals surface area contributed by atoms with Gasteiger partial charge >= 0.3 is 5.97 Å². The largest absolute Gasteiger partial charge is 0.481 e. The van der Waals surface area contributed by atoms with Gasteiger partial charge < -0.3 is 9.67 Å². The van der Waals surface area contributed by atoms with Crippen molar-refractivity contribution in [2.24, 2.45) is 0 Å². The molecule has 0 amide bonds. The van der Waals surface area contributed by atoms with Crippen molar-refractivity contribution >= 4 is 17.7 Å². The zero-order valence-corrected chi connectivity index (χ0v) is 12.1. The topological polar surface area (TPSA) is 68.0 Å². The van der Waals surface area contributed by atoms with Gasteiger partial charge in [-0.3, -0.25) is 4.79 Å². The third kappa shape index (κ3) is 3.84. The summed E-state index contributed by atoms with van der Waals surface area (Å²) in [7, 11) is 0. The molecule has 0 radical (unpaired) electrons. The third-order valence-corrected chi connectivity index (χ3v) is 3.85. The van der Waals surface area contributed by atoms with E-state index >= 15 is 0 Å². The minimum absolute atomic E-state index is 0.00713. The van der Waals surface area contributed by atoms with E-state index in [2.05, 4.69) is 22.3 Å². The van der Waals surface area contributed by atoms with Crippen LogP contribution in [0, 0.1) is 0 Å². The average Bonchev–Trinajstić information content (AvgIpc) is 2.86. The molecule has 0 saturated carbocycles. The predicted molar refractivity (Wildman–Crippen MR) is 77.9 cm³/mol. The van der Waals surface area contributed by atoms with Gasteiger partial charge in [0.15, 0.2) is 5.16 Å². The van der Waals surface area contributed by atoms with E-state index in [1.165, 1.54) is 17.3 Å². The molecule has 0 aliphatic heterocycles. The van der Waals surface area contributed by atoms with Crippen LogP contribution in [0.1, 0.15) is 18.3 Å². The molecule has 0 spiro atoms. The molecule has 106 valence electrons. The fourth-order valence-corrected chi connectivity index (χ4v) is 2.63. The second kappa shape index (κ2) is 7.09. The van der Waals surface area contributed by atoms with Crippen molar-refractivity contribution in [1.82, 2.24) is 14.8 Å². The van der Waals surface area contributed by atoms with Crippen molar-refractivity contribution in [3.05, 3.63) is 41.7 Å². The lowest BCUT2D eigenvalue weighted by molar-refractivity contribution is -0.133. The number of carbonyl (C=O) groups is 1. The first kappa shape index (κ1) is 14.6. The highest BCUT2D eigenvalue weighted by molar-refractivity contribution is 7.99. The fraction of sp³-hybridized carbons (Fsp3) is 0.357. The maximum atomic E-state index is 10.7. The molecule has 6 heteroatoms. The van der Waals surface area contributed by atoms with Gasteiger partial charge in [-0.25, -0.2) is 0 Å². The van der Waals surface area contributed by atoms with Gasteiger partial charge in [0.25, 0.3) is 0 Å². The molecule has 5 nitrogen and oxygen atoms in total. The first-order valence-electron chi connectivity index (χ1n) is 6.51. The highest BCUT2D eigenvalue weighted by Crippen LogP contribution is 2.18. The lowest BCUT2D eigenvalue weighted by atomic mass is 10.1. The Kier molecular flexibility index (Phi) is 5.17. The van der Waals surface area contributed by atoms with E-state index in [4.69, 9.17) is 5.11 Å². The highest BCUT2D eigenvalue weighted by atomic mass is 32.2. The Morgan fingerprint density at radius 2 is 2.05 bits per heavy atom. The molecule has 0 fully saturated rings. The maximum Gasteiger partial charge on any atom is 0.313 e. The van der Waals surface area contributed by atoms with Gasteiger partial charge in [0.1, 0.15) is 5.82 Å². The van der Waals surface area contributed by atoms with Gasteiger partial charge in [0, 0.05) is 13.0 Å². The SMILES string of the molecule is CCc1nnc(SCC(=O)O)n1CCc1ccccc1. The lowest BCUT2D eigenvalue weighted by Crippen LogP contribution is -2.08. The third-order valence-electron chi connectivity index (χ3n) is 2.90. The monoisotopic (exact) mass is 291 g/mol. The van der Waals surface area contributed by atoms with Gasteiger partial charge in [-0.15, -0.1) is 10.2 Å². The Morgan fingerprint density at radius 1 is 1.30 bits per heavy atom. The number of carboxylic acids is 1. The first-order valence-corrected chi connectivity index (χ1v) is 7.50. The highest BCUT2D eigenvalue weighted by Gasteiger charge is 2.12. The van der Waals surface area contributed by atoms with Crippen LogP contribution in [0.4, 0.5) is 0 Å². The number of rotatable bonds is 7. The smallest absolute Gasteiger partial charge is 0.313 e. The fourth-order valence-electron chi connectivity index (χ4n) is 1.92. The summed E-state index contributed by atoms with van der Waals surface area (Å²) in [5.41, 5.74) is 1.25. The zero-order chi connectivity index (χ0) is 14.4. The summed E-state index contributed by atoms with van der Waals surface area (Å²) in [6.45, 7) is 2.79. The lowest BCUT2D eigenvalue weighted by Gasteiger charge is -2.08. The van der Waals surface area contributed by atoms with Crippen LogP contribution in [0.15, 0.2) is 35.5 Å². The molecule has 1 heterocycles. The number of benzene rings is 1. The van der Waals surface area contributed by atoms with E-state index in [9.17, 15) is 4.79 Å². The van der Waals surface area contributed by atoms with Crippen molar-refractivity contribution in [2.45, 2.75) is 31.5 Å². The van der Waals surface area contributed by atoms with Crippen LogP contribution in [-0.2, 0) is 24.2 Å². The van der Waals surface area contributed by atoms with Crippen LogP contribution in [0.2, 0.25) is 0 Å². The first-order chi connectivity index (χ1) is 9.70. The normalized spacial score (nSPS) is 10.7. The van der Waals surface area contributed by atoms with Gasteiger partial charge in [-0.2, -0.15) is 0 Å². The van der Waals surface area contributed by atoms with Crippen molar-refractivity contribution in [3.8, 4) is 0 Å². The van der Waals surface area contributed by atoms with Gasteiger partial charge in [-0.1, -0.05) is 49.0 Å². The summed E-state index contributed by atoms with van der Waals surface area (Å²) in [6.07, 6.45) is 1.67. The molecule has 0 aliphatic carbocycles.